The molecule has 0 saturated heterocycles. The van der Waals surface area contributed by atoms with Gasteiger partial charge in [0.1, 0.15) is 5.56 Å². The summed E-state index contributed by atoms with van der Waals surface area (Å²) in [7, 11) is 0. The maximum absolute atomic E-state index is 12.8. The largest absolute Gasteiger partial charge is 0.416 e. The standard InChI is InChI=1S/C21H14F6N2O2/c22-20(23,24)14-8-6-13(7-9-14)12-29-10-2-5-17(19(29)31)18(30)28-16-4-1-3-15(11-16)21(25,26)27/h1-11H,12H2,(H,28,30). The van der Waals surface area contributed by atoms with Crippen LogP contribution in [0.5, 0.6) is 0 Å². The third-order valence-corrected chi connectivity index (χ3v) is 4.35. The van der Waals surface area contributed by atoms with Crippen molar-refractivity contribution in [3.8, 4) is 0 Å². The average Bonchev–Trinajstić information content (AvgIpc) is 2.69. The van der Waals surface area contributed by atoms with E-state index in [1.54, 1.807) is 0 Å². The zero-order chi connectivity index (χ0) is 22.8. The summed E-state index contributed by atoms with van der Waals surface area (Å²) in [5.74, 6) is -0.911. The number of nitrogens with zero attached hydrogens (tertiary/aromatic N) is 1. The minimum atomic E-state index is -4.60. The quantitative estimate of drug-likeness (QED) is 0.568. The lowest BCUT2D eigenvalue weighted by Gasteiger charge is -2.11. The van der Waals surface area contributed by atoms with Crippen molar-refractivity contribution >= 4 is 11.6 Å². The Hall–Kier alpha value is -3.56. The molecule has 31 heavy (non-hydrogen) atoms. The second-order valence-electron chi connectivity index (χ2n) is 6.58. The van der Waals surface area contributed by atoms with Gasteiger partial charge in [-0.3, -0.25) is 9.59 Å². The van der Waals surface area contributed by atoms with Crippen LogP contribution in [0.25, 0.3) is 0 Å². The molecule has 0 unspecified atom stereocenters. The van der Waals surface area contributed by atoms with Crippen LogP contribution in [0, 0.1) is 0 Å². The number of halogens is 6. The Balaban J connectivity index is 1.81. The monoisotopic (exact) mass is 440 g/mol. The summed E-state index contributed by atoms with van der Waals surface area (Å²) in [6.45, 7) is -0.0956. The molecule has 10 heteroatoms. The van der Waals surface area contributed by atoms with E-state index in [2.05, 4.69) is 5.32 Å². The highest BCUT2D eigenvalue weighted by molar-refractivity contribution is 6.04. The van der Waals surface area contributed by atoms with Crippen molar-refractivity contribution in [2.75, 3.05) is 5.32 Å². The summed E-state index contributed by atoms with van der Waals surface area (Å²) in [4.78, 5) is 25.0. The van der Waals surface area contributed by atoms with E-state index in [4.69, 9.17) is 0 Å². The highest BCUT2D eigenvalue weighted by atomic mass is 19.4. The van der Waals surface area contributed by atoms with E-state index >= 15 is 0 Å². The van der Waals surface area contributed by atoms with Crippen LogP contribution in [0.15, 0.2) is 71.7 Å². The molecule has 0 bridgehead atoms. The third-order valence-electron chi connectivity index (χ3n) is 4.35. The predicted octanol–water partition coefficient (Wildman–Crippen LogP) is 5.19. The summed E-state index contributed by atoms with van der Waals surface area (Å²) in [6, 6.07) is 10.7. The Bertz CT molecular complexity index is 1150. The Morgan fingerprint density at radius 1 is 0.839 bits per heavy atom. The first kappa shape index (κ1) is 22.1. The second kappa shape index (κ2) is 8.29. The number of carbonyl (C=O) groups excluding carboxylic acids is 1. The lowest BCUT2D eigenvalue weighted by Crippen LogP contribution is -2.29. The van der Waals surface area contributed by atoms with Gasteiger partial charge in [-0.2, -0.15) is 26.3 Å². The number of rotatable bonds is 4. The molecule has 162 valence electrons. The molecular formula is C21H14F6N2O2. The lowest BCUT2D eigenvalue weighted by atomic mass is 10.1. The van der Waals surface area contributed by atoms with Crippen LogP contribution in [0.2, 0.25) is 0 Å². The minimum Gasteiger partial charge on any atom is -0.322 e. The number of benzene rings is 2. The van der Waals surface area contributed by atoms with Gasteiger partial charge in [0.2, 0.25) is 0 Å². The molecule has 1 heterocycles. The predicted molar refractivity (Wildman–Crippen MR) is 101 cm³/mol. The van der Waals surface area contributed by atoms with E-state index in [-0.39, 0.29) is 17.8 Å². The van der Waals surface area contributed by atoms with Gasteiger partial charge in [0, 0.05) is 11.9 Å². The lowest BCUT2D eigenvalue weighted by molar-refractivity contribution is -0.138. The van der Waals surface area contributed by atoms with E-state index in [0.717, 1.165) is 34.9 Å². The van der Waals surface area contributed by atoms with E-state index in [1.807, 2.05) is 0 Å². The molecule has 1 aromatic heterocycles. The summed E-state index contributed by atoms with van der Waals surface area (Å²) >= 11 is 0. The fourth-order valence-corrected chi connectivity index (χ4v) is 2.80. The Morgan fingerprint density at radius 2 is 1.48 bits per heavy atom. The average molecular weight is 440 g/mol. The van der Waals surface area contributed by atoms with Gasteiger partial charge in [-0.15, -0.1) is 0 Å². The first-order chi connectivity index (χ1) is 14.4. The number of nitrogens with one attached hydrogen (secondary N) is 1. The molecule has 0 radical (unpaired) electrons. The molecule has 1 N–H and O–H groups in total. The molecule has 0 saturated carbocycles. The van der Waals surface area contributed by atoms with Crippen LogP contribution in [0.1, 0.15) is 27.0 Å². The minimum absolute atomic E-state index is 0.0956. The van der Waals surface area contributed by atoms with E-state index in [0.29, 0.717) is 5.56 Å². The molecule has 1 amide bonds. The summed E-state index contributed by atoms with van der Waals surface area (Å²) < 4.78 is 77.5. The number of anilines is 1. The van der Waals surface area contributed by atoms with Crippen molar-refractivity contribution in [3.63, 3.8) is 0 Å². The van der Waals surface area contributed by atoms with Crippen molar-refractivity contribution < 1.29 is 31.1 Å². The number of aromatic nitrogens is 1. The van der Waals surface area contributed by atoms with E-state index < -0.39 is 34.9 Å². The number of carbonyl (C=O) groups is 1. The van der Waals surface area contributed by atoms with Crippen LogP contribution >= 0.6 is 0 Å². The summed E-state index contributed by atoms with van der Waals surface area (Å²) in [5.41, 5.74) is -2.61. The van der Waals surface area contributed by atoms with Crippen LogP contribution in [0.3, 0.4) is 0 Å². The molecular weight excluding hydrogens is 426 g/mol. The summed E-state index contributed by atoms with van der Waals surface area (Å²) in [5, 5.41) is 2.25. The molecule has 2 aromatic carbocycles. The second-order valence-corrected chi connectivity index (χ2v) is 6.58. The zero-order valence-electron chi connectivity index (χ0n) is 15.6. The van der Waals surface area contributed by atoms with Crippen molar-refractivity contribution in [1.29, 1.82) is 0 Å². The number of alkyl halides is 6. The normalized spacial score (nSPS) is 11.9. The summed E-state index contributed by atoms with van der Waals surface area (Å²) in [6.07, 6.45) is -7.74. The number of hydrogen-bond donors (Lipinski definition) is 1. The highest BCUT2D eigenvalue weighted by Crippen LogP contribution is 2.31. The zero-order valence-corrected chi connectivity index (χ0v) is 15.6. The molecule has 3 aromatic rings. The first-order valence-electron chi connectivity index (χ1n) is 8.79. The highest BCUT2D eigenvalue weighted by Gasteiger charge is 2.31. The molecule has 0 aliphatic heterocycles. The molecule has 0 aliphatic rings. The smallest absolute Gasteiger partial charge is 0.322 e. The van der Waals surface area contributed by atoms with Crippen LogP contribution in [-0.4, -0.2) is 10.5 Å². The Kier molecular flexibility index (Phi) is 5.92. The maximum Gasteiger partial charge on any atom is 0.416 e. The molecule has 3 rings (SSSR count). The Morgan fingerprint density at radius 3 is 2.10 bits per heavy atom. The molecule has 0 atom stereocenters. The van der Waals surface area contributed by atoms with Crippen LogP contribution < -0.4 is 10.9 Å². The molecule has 0 fully saturated rings. The fourth-order valence-electron chi connectivity index (χ4n) is 2.80. The van der Waals surface area contributed by atoms with Gasteiger partial charge in [0.25, 0.3) is 11.5 Å². The van der Waals surface area contributed by atoms with Crippen molar-refractivity contribution in [1.82, 2.24) is 4.57 Å². The van der Waals surface area contributed by atoms with E-state index in [1.165, 1.54) is 36.5 Å². The topological polar surface area (TPSA) is 51.1 Å². The van der Waals surface area contributed by atoms with Crippen molar-refractivity contribution in [2.45, 2.75) is 18.9 Å². The Labute approximate surface area is 171 Å². The van der Waals surface area contributed by atoms with Crippen molar-refractivity contribution in [2.24, 2.45) is 0 Å². The van der Waals surface area contributed by atoms with Gasteiger partial charge in [-0.25, -0.2) is 0 Å². The van der Waals surface area contributed by atoms with Crippen molar-refractivity contribution in [3.05, 3.63) is 99.5 Å². The van der Waals surface area contributed by atoms with Gasteiger partial charge in [0.05, 0.1) is 17.7 Å². The molecule has 4 nitrogen and oxygen atoms in total. The third kappa shape index (κ3) is 5.33. The SMILES string of the molecule is O=C(Nc1cccc(C(F)(F)F)c1)c1cccn(Cc2ccc(C(F)(F)F)cc2)c1=O. The van der Waals surface area contributed by atoms with Gasteiger partial charge >= 0.3 is 12.4 Å². The van der Waals surface area contributed by atoms with Crippen LogP contribution in [0.4, 0.5) is 32.0 Å². The van der Waals surface area contributed by atoms with Gasteiger partial charge in [-0.05, 0) is 48.0 Å². The van der Waals surface area contributed by atoms with Gasteiger partial charge in [0.15, 0.2) is 0 Å². The maximum atomic E-state index is 12.8. The number of amides is 1. The van der Waals surface area contributed by atoms with Gasteiger partial charge < -0.3 is 9.88 Å². The molecule has 0 spiro atoms. The van der Waals surface area contributed by atoms with Crippen LogP contribution in [-0.2, 0) is 18.9 Å². The number of hydrogen-bond acceptors (Lipinski definition) is 2. The fraction of sp³-hybridized carbons (Fsp3) is 0.143. The first-order valence-corrected chi connectivity index (χ1v) is 8.79. The van der Waals surface area contributed by atoms with E-state index in [9.17, 15) is 35.9 Å². The molecule has 0 aliphatic carbocycles. The number of pyridine rings is 1. The van der Waals surface area contributed by atoms with Gasteiger partial charge in [-0.1, -0.05) is 18.2 Å².